The highest BCUT2D eigenvalue weighted by Crippen LogP contribution is 2.39. The molecule has 1 N–H and O–H groups in total. The fraction of sp³-hybridized carbons (Fsp3) is 0.409. The third-order valence-electron chi connectivity index (χ3n) is 4.72. The summed E-state index contributed by atoms with van der Waals surface area (Å²) >= 11 is 0. The zero-order valence-electron chi connectivity index (χ0n) is 16.0. The van der Waals surface area contributed by atoms with Crippen LogP contribution in [0, 0.1) is 31.6 Å². The molecular weight excluding hydrogens is 324 g/mol. The maximum atomic E-state index is 6.22. The molecule has 0 atom stereocenters. The number of aryl methyl sites for hydroxylation is 1. The number of rotatable bonds is 5. The molecule has 0 amide bonds. The van der Waals surface area contributed by atoms with Crippen molar-refractivity contribution in [2.45, 2.75) is 47.1 Å². The zero-order valence-corrected chi connectivity index (χ0v) is 16.0. The van der Waals surface area contributed by atoms with E-state index in [1.807, 2.05) is 0 Å². The molecule has 136 valence electrons. The van der Waals surface area contributed by atoms with Crippen LogP contribution >= 0.6 is 0 Å². The second-order valence-corrected chi connectivity index (χ2v) is 7.70. The lowest BCUT2D eigenvalue weighted by Gasteiger charge is -2.29. The summed E-state index contributed by atoms with van der Waals surface area (Å²) in [6.07, 6.45) is 6.99. The smallest absolute Gasteiger partial charge is 0.177 e. The van der Waals surface area contributed by atoms with E-state index in [9.17, 15) is 0 Å². The van der Waals surface area contributed by atoms with Crippen LogP contribution in [0.2, 0.25) is 0 Å². The van der Waals surface area contributed by atoms with E-state index in [1.165, 1.54) is 5.56 Å². The van der Waals surface area contributed by atoms with Gasteiger partial charge < -0.3 is 14.6 Å². The second kappa shape index (κ2) is 7.29. The highest BCUT2D eigenvalue weighted by molar-refractivity contribution is 6.04. The van der Waals surface area contributed by atoms with Gasteiger partial charge in [-0.15, -0.1) is 6.42 Å². The Hall–Kier alpha value is -2.67. The van der Waals surface area contributed by atoms with E-state index in [0.29, 0.717) is 6.54 Å². The Morgan fingerprint density at radius 1 is 1.23 bits per heavy atom. The lowest BCUT2D eigenvalue weighted by Crippen LogP contribution is -2.27. The summed E-state index contributed by atoms with van der Waals surface area (Å²) in [6, 6.07) is 8.35. The van der Waals surface area contributed by atoms with Crippen LogP contribution < -0.4 is 5.32 Å². The van der Waals surface area contributed by atoms with Crippen molar-refractivity contribution in [2.24, 2.45) is 10.6 Å². The SMILES string of the molecule is C#CCO/N=C1\CC(C)(C)Cc2oc(CNc3ccc(C)cc3)c(C)c21. The fourth-order valence-electron chi connectivity index (χ4n) is 3.41. The molecule has 0 saturated heterocycles. The van der Waals surface area contributed by atoms with Gasteiger partial charge in [-0.1, -0.05) is 42.6 Å². The minimum atomic E-state index is 0.0806. The largest absolute Gasteiger partial charge is 0.463 e. The van der Waals surface area contributed by atoms with Crippen LogP contribution in [-0.4, -0.2) is 12.3 Å². The van der Waals surface area contributed by atoms with Gasteiger partial charge in [0.15, 0.2) is 6.61 Å². The summed E-state index contributed by atoms with van der Waals surface area (Å²) < 4.78 is 6.22. The Morgan fingerprint density at radius 3 is 2.65 bits per heavy atom. The van der Waals surface area contributed by atoms with Crippen LogP contribution in [0.5, 0.6) is 0 Å². The van der Waals surface area contributed by atoms with Crippen molar-refractivity contribution in [2.75, 3.05) is 11.9 Å². The normalized spacial score (nSPS) is 16.8. The lowest BCUT2D eigenvalue weighted by atomic mass is 9.75. The summed E-state index contributed by atoms with van der Waals surface area (Å²) in [6.45, 7) is 9.42. The third-order valence-corrected chi connectivity index (χ3v) is 4.72. The molecule has 0 unspecified atom stereocenters. The average molecular weight is 350 g/mol. The Labute approximate surface area is 155 Å². The topological polar surface area (TPSA) is 46.8 Å². The number of fused-ring (bicyclic) bond motifs is 1. The van der Waals surface area contributed by atoms with E-state index in [1.54, 1.807) is 0 Å². The highest BCUT2D eigenvalue weighted by atomic mass is 16.6. The molecule has 1 heterocycles. The maximum Gasteiger partial charge on any atom is 0.177 e. The van der Waals surface area contributed by atoms with E-state index in [2.05, 4.69) is 68.4 Å². The Bertz CT molecular complexity index is 852. The summed E-state index contributed by atoms with van der Waals surface area (Å²) in [4.78, 5) is 5.27. The number of oxime groups is 1. The molecule has 0 spiro atoms. The second-order valence-electron chi connectivity index (χ2n) is 7.70. The van der Waals surface area contributed by atoms with E-state index in [4.69, 9.17) is 15.7 Å². The summed E-state index contributed by atoms with van der Waals surface area (Å²) in [5, 5.41) is 7.74. The first-order valence-corrected chi connectivity index (χ1v) is 8.94. The van der Waals surface area contributed by atoms with Crippen molar-refractivity contribution in [1.82, 2.24) is 0 Å². The van der Waals surface area contributed by atoms with E-state index in [-0.39, 0.29) is 12.0 Å². The summed E-state index contributed by atoms with van der Waals surface area (Å²) in [7, 11) is 0. The van der Waals surface area contributed by atoms with E-state index in [0.717, 1.165) is 46.9 Å². The molecule has 0 radical (unpaired) electrons. The van der Waals surface area contributed by atoms with Crippen LogP contribution in [0.25, 0.3) is 0 Å². The molecule has 3 rings (SSSR count). The molecule has 1 aliphatic rings. The average Bonchev–Trinajstić information content (AvgIpc) is 2.89. The van der Waals surface area contributed by atoms with Crippen LogP contribution in [0.15, 0.2) is 33.8 Å². The molecule has 26 heavy (non-hydrogen) atoms. The highest BCUT2D eigenvalue weighted by Gasteiger charge is 2.35. The molecule has 4 nitrogen and oxygen atoms in total. The molecule has 0 aliphatic heterocycles. The van der Waals surface area contributed by atoms with Crippen LogP contribution in [0.1, 0.15) is 48.5 Å². The zero-order chi connectivity index (χ0) is 18.7. The first-order chi connectivity index (χ1) is 12.4. The summed E-state index contributed by atoms with van der Waals surface area (Å²) in [5.74, 6) is 4.38. The lowest BCUT2D eigenvalue weighted by molar-refractivity contribution is 0.176. The number of hydrogen-bond acceptors (Lipinski definition) is 4. The number of nitrogens with one attached hydrogen (secondary N) is 1. The predicted octanol–water partition coefficient (Wildman–Crippen LogP) is 4.83. The van der Waals surface area contributed by atoms with Gasteiger partial charge in [-0.3, -0.25) is 0 Å². The number of furan rings is 1. The fourth-order valence-corrected chi connectivity index (χ4v) is 3.41. The maximum absolute atomic E-state index is 6.22. The van der Waals surface area contributed by atoms with Gasteiger partial charge in [-0.05, 0) is 37.8 Å². The van der Waals surface area contributed by atoms with Gasteiger partial charge in [0.25, 0.3) is 0 Å². The monoisotopic (exact) mass is 350 g/mol. The van der Waals surface area contributed by atoms with Gasteiger partial charge in [0.2, 0.25) is 0 Å². The number of nitrogens with zero attached hydrogens (tertiary/aromatic N) is 1. The van der Waals surface area contributed by atoms with Gasteiger partial charge in [0, 0.05) is 23.2 Å². The quantitative estimate of drug-likeness (QED) is 0.477. The van der Waals surface area contributed by atoms with Crippen molar-refractivity contribution < 1.29 is 9.25 Å². The first-order valence-electron chi connectivity index (χ1n) is 8.94. The molecule has 1 aromatic heterocycles. The van der Waals surface area contributed by atoms with Crippen molar-refractivity contribution >= 4 is 11.4 Å². The molecule has 0 saturated carbocycles. The van der Waals surface area contributed by atoms with Gasteiger partial charge in [-0.25, -0.2) is 0 Å². The van der Waals surface area contributed by atoms with E-state index >= 15 is 0 Å². The molecule has 1 aliphatic carbocycles. The van der Waals surface area contributed by atoms with Crippen molar-refractivity contribution in [3.05, 3.63) is 52.5 Å². The van der Waals surface area contributed by atoms with Gasteiger partial charge in [-0.2, -0.15) is 0 Å². The van der Waals surface area contributed by atoms with Gasteiger partial charge >= 0.3 is 0 Å². The molecule has 4 heteroatoms. The number of hydrogen-bond donors (Lipinski definition) is 1. The molecule has 2 aromatic rings. The van der Waals surface area contributed by atoms with Crippen LogP contribution in [0.3, 0.4) is 0 Å². The Kier molecular flexibility index (Phi) is 5.08. The van der Waals surface area contributed by atoms with Crippen LogP contribution in [-0.2, 0) is 17.8 Å². The number of anilines is 1. The Balaban J connectivity index is 1.85. The predicted molar refractivity (Wildman–Crippen MR) is 105 cm³/mol. The summed E-state index contributed by atoms with van der Waals surface area (Å²) in [5.41, 5.74) is 5.54. The number of terminal acetylenes is 1. The molecule has 1 aromatic carbocycles. The molecule has 0 fully saturated rings. The minimum Gasteiger partial charge on any atom is -0.463 e. The standard InChI is InChI=1S/C22H26N2O2/c1-6-11-25-24-18-12-22(4,5)13-19-21(18)16(3)20(26-19)14-23-17-9-7-15(2)8-10-17/h1,7-10,23H,11-14H2,2-5H3/b24-18+. The van der Waals surface area contributed by atoms with Gasteiger partial charge in [0.1, 0.15) is 11.5 Å². The van der Waals surface area contributed by atoms with Crippen LogP contribution in [0.4, 0.5) is 5.69 Å². The first kappa shape index (κ1) is 18.1. The van der Waals surface area contributed by atoms with Crippen molar-refractivity contribution in [3.8, 4) is 12.3 Å². The van der Waals surface area contributed by atoms with Crippen molar-refractivity contribution in [3.63, 3.8) is 0 Å². The third kappa shape index (κ3) is 3.94. The number of benzene rings is 1. The van der Waals surface area contributed by atoms with E-state index < -0.39 is 0 Å². The molecule has 0 bridgehead atoms. The van der Waals surface area contributed by atoms with Gasteiger partial charge in [0.05, 0.1) is 12.3 Å². The Morgan fingerprint density at radius 2 is 1.96 bits per heavy atom. The molecular formula is C22H26N2O2. The van der Waals surface area contributed by atoms with Crippen molar-refractivity contribution in [1.29, 1.82) is 0 Å². The minimum absolute atomic E-state index is 0.0806.